The fraction of sp³-hybridized carbons (Fsp3) is 0.100. The highest BCUT2D eigenvalue weighted by Gasteiger charge is 2.17. The highest BCUT2D eigenvalue weighted by molar-refractivity contribution is 7.91. The Balaban J connectivity index is 1.73. The molecule has 6 nitrogen and oxygen atoms in total. The van der Waals surface area contributed by atoms with Gasteiger partial charge >= 0.3 is 0 Å². The van der Waals surface area contributed by atoms with Crippen LogP contribution < -0.4 is 5.32 Å². The molecule has 2 aromatic heterocycles. The van der Waals surface area contributed by atoms with Gasteiger partial charge in [0.25, 0.3) is 5.91 Å². The molecule has 0 aliphatic rings. The van der Waals surface area contributed by atoms with E-state index in [0.717, 1.165) is 0 Å². The normalized spacial score (nSPS) is 11.6. The molecular formula is C20H16N2O4S2. The Hall–Kier alpha value is -2.97. The monoisotopic (exact) mass is 412 g/mol. The van der Waals surface area contributed by atoms with Crippen molar-refractivity contribution in [1.82, 2.24) is 4.98 Å². The van der Waals surface area contributed by atoms with Gasteiger partial charge in [0.1, 0.15) is 5.52 Å². The van der Waals surface area contributed by atoms with Gasteiger partial charge in [-0.3, -0.25) is 4.79 Å². The van der Waals surface area contributed by atoms with Crippen molar-refractivity contribution in [3.8, 4) is 11.5 Å². The maximum atomic E-state index is 12.4. The number of hydrogen-bond donors (Lipinski definition) is 1. The molecule has 1 amide bonds. The van der Waals surface area contributed by atoms with Crippen LogP contribution in [0.15, 0.2) is 69.3 Å². The number of hydrogen-bond acceptors (Lipinski definition) is 6. The first-order valence-electron chi connectivity index (χ1n) is 8.55. The smallest absolute Gasteiger partial charge is 0.265 e. The Morgan fingerprint density at radius 2 is 1.96 bits per heavy atom. The van der Waals surface area contributed by atoms with Gasteiger partial charge in [-0.1, -0.05) is 25.1 Å². The van der Waals surface area contributed by atoms with E-state index >= 15 is 0 Å². The van der Waals surface area contributed by atoms with Crippen molar-refractivity contribution in [1.29, 1.82) is 0 Å². The molecule has 4 aromatic rings. The van der Waals surface area contributed by atoms with E-state index in [4.69, 9.17) is 4.42 Å². The Labute approximate surface area is 165 Å². The third kappa shape index (κ3) is 3.44. The number of benzene rings is 2. The summed E-state index contributed by atoms with van der Waals surface area (Å²) in [6.45, 7) is 1.60. The molecule has 2 aromatic carbocycles. The van der Waals surface area contributed by atoms with E-state index in [1.165, 1.54) is 23.5 Å². The summed E-state index contributed by atoms with van der Waals surface area (Å²) in [6, 6.07) is 15.4. The number of carbonyl (C=O) groups excluding carboxylic acids is 1. The first kappa shape index (κ1) is 18.4. The number of fused-ring (bicyclic) bond motifs is 1. The molecule has 0 unspecified atom stereocenters. The summed E-state index contributed by atoms with van der Waals surface area (Å²) < 4.78 is 30.0. The summed E-state index contributed by atoms with van der Waals surface area (Å²) in [5.74, 6) is 0.110. The van der Waals surface area contributed by atoms with Gasteiger partial charge in [0.2, 0.25) is 5.89 Å². The minimum absolute atomic E-state index is 0.0147. The van der Waals surface area contributed by atoms with Gasteiger partial charge in [0.15, 0.2) is 15.4 Å². The first-order valence-corrected chi connectivity index (χ1v) is 11.1. The van der Waals surface area contributed by atoms with Crippen molar-refractivity contribution >= 4 is 43.9 Å². The summed E-state index contributed by atoms with van der Waals surface area (Å²) in [4.78, 5) is 17.7. The molecule has 4 rings (SSSR count). The quantitative estimate of drug-likeness (QED) is 0.517. The number of para-hydroxylation sites is 1. The summed E-state index contributed by atoms with van der Waals surface area (Å²) in [5.41, 5.74) is 2.10. The van der Waals surface area contributed by atoms with E-state index in [1.54, 1.807) is 31.2 Å². The van der Waals surface area contributed by atoms with E-state index < -0.39 is 9.84 Å². The Morgan fingerprint density at radius 1 is 1.14 bits per heavy atom. The molecule has 0 saturated heterocycles. The molecule has 28 heavy (non-hydrogen) atoms. The van der Waals surface area contributed by atoms with Crippen LogP contribution in [-0.4, -0.2) is 25.1 Å². The number of sulfone groups is 1. The molecule has 0 fully saturated rings. The molecule has 0 aliphatic carbocycles. The highest BCUT2D eigenvalue weighted by Crippen LogP contribution is 2.31. The lowest BCUT2D eigenvalue weighted by atomic mass is 10.1. The van der Waals surface area contributed by atoms with Crippen molar-refractivity contribution in [2.75, 3.05) is 11.1 Å². The summed E-state index contributed by atoms with van der Waals surface area (Å²) in [6.07, 6.45) is 0. The number of aromatic nitrogens is 1. The first-order chi connectivity index (χ1) is 13.5. The molecule has 0 spiro atoms. The number of rotatable bonds is 5. The van der Waals surface area contributed by atoms with Crippen LogP contribution in [0.4, 0.5) is 5.69 Å². The maximum Gasteiger partial charge on any atom is 0.265 e. The number of nitrogens with one attached hydrogen (secondary N) is 1. The zero-order valence-corrected chi connectivity index (χ0v) is 16.5. The van der Waals surface area contributed by atoms with Gasteiger partial charge in [-0.25, -0.2) is 13.4 Å². The van der Waals surface area contributed by atoms with Gasteiger partial charge in [0, 0.05) is 0 Å². The van der Waals surface area contributed by atoms with E-state index in [1.807, 2.05) is 23.6 Å². The van der Waals surface area contributed by atoms with E-state index in [9.17, 15) is 13.2 Å². The Bertz CT molecular complexity index is 1260. The second-order valence-electron chi connectivity index (χ2n) is 6.03. The van der Waals surface area contributed by atoms with Gasteiger partial charge < -0.3 is 9.73 Å². The van der Waals surface area contributed by atoms with Crippen molar-refractivity contribution in [3.63, 3.8) is 0 Å². The highest BCUT2D eigenvalue weighted by atomic mass is 32.2. The van der Waals surface area contributed by atoms with Gasteiger partial charge in [-0.2, -0.15) is 0 Å². The second-order valence-corrected chi connectivity index (χ2v) is 9.25. The number of anilines is 1. The lowest BCUT2D eigenvalue weighted by Gasteiger charge is -2.07. The van der Waals surface area contributed by atoms with Crippen LogP contribution in [0.25, 0.3) is 22.6 Å². The second kappa shape index (κ2) is 7.21. The lowest BCUT2D eigenvalue weighted by Crippen LogP contribution is -2.10. The molecule has 0 bridgehead atoms. The van der Waals surface area contributed by atoms with Crippen LogP contribution in [0.3, 0.4) is 0 Å². The van der Waals surface area contributed by atoms with Crippen LogP contribution in [-0.2, 0) is 9.84 Å². The molecule has 8 heteroatoms. The maximum absolute atomic E-state index is 12.4. The van der Waals surface area contributed by atoms with Crippen molar-refractivity contribution in [2.45, 2.75) is 11.8 Å². The van der Waals surface area contributed by atoms with Crippen molar-refractivity contribution in [2.24, 2.45) is 0 Å². The number of thiophene rings is 1. The molecule has 0 aliphatic heterocycles. The van der Waals surface area contributed by atoms with Crippen molar-refractivity contribution < 1.29 is 17.6 Å². The minimum Gasteiger partial charge on any atom is -0.436 e. The fourth-order valence-electron chi connectivity index (χ4n) is 2.75. The van der Waals surface area contributed by atoms with Crippen molar-refractivity contribution in [3.05, 3.63) is 64.9 Å². The zero-order valence-electron chi connectivity index (χ0n) is 14.9. The average Bonchev–Trinajstić information content (AvgIpc) is 3.37. The number of oxazole rings is 1. The van der Waals surface area contributed by atoms with Gasteiger partial charge in [0.05, 0.1) is 26.8 Å². The van der Waals surface area contributed by atoms with E-state index in [2.05, 4.69) is 10.3 Å². The van der Waals surface area contributed by atoms with E-state index in [-0.39, 0.29) is 16.6 Å². The molecule has 0 atom stereocenters. The molecule has 142 valence electrons. The summed E-state index contributed by atoms with van der Waals surface area (Å²) in [7, 11) is -3.33. The minimum atomic E-state index is -3.33. The van der Waals surface area contributed by atoms with Gasteiger partial charge in [-0.05, 0) is 41.8 Å². The number of amides is 1. The zero-order chi connectivity index (χ0) is 19.7. The lowest BCUT2D eigenvalue weighted by molar-refractivity contribution is 0.103. The topological polar surface area (TPSA) is 89.3 Å². The van der Waals surface area contributed by atoms with E-state index in [0.29, 0.717) is 33.1 Å². The number of nitrogens with zero attached hydrogens (tertiary/aromatic N) is 1. The van der Waals surface area contributed by atoms with Crippen LogP contribution in [0.5, 0.6) is 0 Å². The molecule has 0 radical (unpaired) electrons. The van der Waals surface area contributed by atoms with Crippen LogP contribution >= 0.6 is 11.3 Å². The number of carbonyl (C=O) groups is 1. The summed E-state index contributed by atoms with van der Waals surface area (Å²) in [5, 5.41) is 4.71. The third-order valence-electron chi connectivity index (χ3n) is 4.25. The van der Waals surface area contributed by atoms with Crippen LogP contribution in [0, 0.1) is 0 Å². The third-order valence-corrected chi connectivity index (χ3v) is 6.85. The molecule has 0 saturated carbocycles. The Kier molecular flexibility index (Phi) is 4.74. The molecule has 2 heterocycles. The predicted molar refractivity (Wildman–Crippen MR) is 109 cm³/mol. The van der Waals surface area contributed by atoms with Crippen LogP contribution in [0.1, 0.15) is 16.6 Å². The predicted octanol–water partition coefficient (Wildman–Crippen LogP) is 4.60. The molecular weight excluding hydrogens is 396 g/mol. The van der Waals surface area contributed by atoms with Gasteiger partial charge in [-0.15, -0.1) is 11.3 Å². The summed E-state index contributed by atoms with van der Waals surface area (Å²) >= 11 is 1.35. The van der Waals surface area contributed by atoms with Crippen LogP contribution in [0.2, 0.25) is 0 Å². The largest absolute Gasteiger partial charge is 0.436 e. The fourth-order valence-corrected chi connectivity index (χ4v) is 4.27. The molecule has 1 N–H and O–H groups in total. The average molecular weight is 412 g/mol. The Morgan fingerprint density at radius 3 is 2.71 bits per heavy atom. The SMILES string of the molecule is CCS(=O)(=O)c1ccc2oc(-c3ccccc3NC(=O)c3cccs3)nc2c1. The standard InChI is InChI=1S/C20H16N2O4S2/c1-2-28(24,25)13-9-10-17-16(12-13)22-20(26-17)14-6-3-4-7-15(14)21-19(23)18-8-5-11-27-18/h3-12H,2H2,1H3,(H,21,23).